The van der Waals surface area contributed by atoms with Crippen LogP contribution in [-0.2, 0) is 16.0 Å². The van der Waals surface area contributed by atoms with Crippen LogP contribution in [0.3, 0.4) is 0 Å². The summed E-state index contributed by atoms with van der Waals surface area (Å²) in [6.45, 7) is 1.27. The fourth-order valence-electron chi connectivity index (χ4n) is 4.22. The SMILES string of the molecule is O=C(NCCc1ccccc1F)C1CCN(C(=O)COc2ccc(-c3ccccc3)cc2Cl)CC1. The third-order valence-electron chi connectivity index (χ3n) is 6.26. The van der Waals surface area contributed by atoms with Crippen molar-refractivity contribution >= 4 is 23.4 Å². The molecular formula is C28H28ClFN2O3. The van der Waals surface area contributed by atoms with Crippen LogP contribution in [0, 0.1) is 11.7 Å². The third-order valence-corrected chi connectivity index (χ3v) is 6.56. The summed E-state index contributed by atoms with van der Waals surface area (Å²) < 4.78 is 19.4. The first kappa shape index (κ1) is 24.7. The maximum absolute atomic E-state index is 13.7. The van der Waals surface area contributed by atoms with Gasteiger partial charge in [-0.15, -0.1) is 0 Å². The van der Waals surface area contributed by atoms with Gasteiger partial charge in [-0.05, 0) is 54.2 Å². The number of benzene rings is 3. The summed E-state index contributed by atoms with van der Waals surface area (Å²) in [7, 11) is 0. The molecule has 1 aliphatic rings. The molecule has 3 aromatic rings. The van der Waals surface area contributed by atoms with Gasteiger partial charge in [0.2, 0.25) is 5.91 Å². The van der Waals surface area contributed by atoms with E-state index in [9.17, 15) is 14.0 Å². The number of ether oxygens (including phenoxy) is 1. The molecule has 0 radical (unpaired) electrons. The van der Waals surface area contributed by atoms with E-state index in [0.29, 0.717) is 55.2 Å². The molecule has 0 unspecified atom stereocenters. The minimum Gasteiger partial charge on any atom is -0.482 e. The third kappa shape index (κ3) is 6.61. The molecule has 1 saturated heterocycles. The van der Waals surface area contributed by atoms with E-state index in [-0.39, 0.29) is 30.2 Å². The minimum atomic E-state index is -0.260. The number of carbonyl (C=O) groups is 2. The van der Waals surface area contributed by atoms with Crippen molar-refractivity contribution in [2.24, 2.45) is 5.92 Å². The van der Waals surface area contributed by atoms with Crippen molar-refractivity contribution in [2.75, 3.05) is 26.2 Å². The Morgan fingerprint density at radius 1 is 0.971 bits per heavy atom. The number of piperidine rings is 1. The van der Waals surface area contributed by atoms with Gasteiger partial charge in [0.1, 0.15) is 11.6 Å². The molecule has 2 amide bonds. The zero-order chi connectivity index (χ0) is 24.6. The van der Waals surface area contributed by atoms with E-state index in [1.165, 1.54) is 6.07 Å². The monoisotopic (exact) mass is 494 g/mol. The second-order valence-electron chi connectivity index (χ2n) is 8.59. The predicted octanol–water partition coefficient (Wildman–Crippen LogP) is 5.12. The van der Waals surface area contributed by atoms with Gasteiger partial charge in [0.15, 0.2) is 6.61 Å². The molecule has 0 saturated carbocycles. The smallest absolute Gasteiger partial charge is 0.260 e. The van der Waals surface area contributed by atoms with Crippen molar-refractivity contribution < 1.29 is 18.7 Å². The molecular weight excluding hydrogens is 467 g/mol. The lowest BCUT2D eigenvalue weighted by Gasteiger charge is -2.31. The average Bonchev–Trinajstić information content (AvgIpc) is 2.89. The Hall–Kier alpha value is -3.38. The number of likely N-dealkylation sites (tertiary alicyclic amines) is 1. The molecule has 1 N–H and O–H groups in total. The van der Waals surface area contributed by atoms with E-state index in [1.54, 1.807) is 29.2 Å². The summed E-state index contributed by atoms with van der Waals surface area (Å²) in [5, 5.41) is 3.34. The first-order valence-electron chi connectivity index (χ1n) is 11.8. The molecule has 3 aromatic carbocycles. The summed E-state index contributed by atoms with van der Waals surface area (Å²) >= 11 is 6.38. The summed E-state index contributed by atoms with van der Waals surface area (Å²) in [5.74, 6) is -0.129. The zero-order valence-electron chi connectivity index (χ0n) is 19.4. The zero-order valence-corrected chi connectivity index (χ0v) is 20.1. The van der Waals surface area contributed by atoms with Crippen molar-refractivity contribution in [2.45, 2.75) is 19.3 Å². The number of nitrogens with zero attached hydrogens (tertiary/aromatic N) is 1. The van der Waals surface area contributed by atoms with Crippen LogP contribution in [0.2, 0.25) is 5.02 Å². The molecule has 1 fully saturated rings. The van der Waals surface area contributed by atoms with Gasteiger partial charge in [-0.2, -0.15) is 0 Å². The molecule has 0 aliphatic carbocycles. The molecule has 1 aliphatic heterocycles. The number of hydrogen-bond acceptors (Lipinski definition) is 3. The second-order valence-corrected chi connectivity index (χ2v) is 8.99. The average molecular weight is 495 g/mol. The van der Waals surface area contributed by atoms with Gasteiger partial charge in [-0.25, -0.2) is 4.39 Å². The summed E-state index contributed by atoms with van der Waals surface area (Å²) in [4.78, 5) is 26.8. The lowest BCUT2D eigenvalue weighted by atomic mass is 9.96. The van der Waals surface area contributed by atoms with Crippen molar-refractivity contribution in [1.29, 1.82) is 0 Å². The van der Waals surface area contributed by atoms with Gasteiger partial charge in [-0.1, -0.05) is 66.2 Å². The first-order chi connectivity index (χ1) is 17.0. The Morgan fingerprint density at radius 3 is 2.40 bits per heavy atom. The number of amides is 2. The predicted molar refractivity (Wildman–Crippen MR) is 135 cm³/mol. The fourth-order valence-corrected chi connectivity index (χ4v) is 4.45. The summed E-state index contributed by atoms with van der Waals surface area (Å²) in [6, 6.07) is 22.0. The quantitative estimate of drug-likeness (QED) is 0.472. The first-order valence-corrected chi connectivity index (χ1v) is 12.2. The van der Waals surface area contributed by atoms with Crippen LogP contribution in [0.15, 0.2) is 72.8 Å². The highest BCUT2D eigenvalue weighted by molar-refractivity contribution is 6.32. The van der Waals surface area contributed by atoms with E-state index >= 15 is 0 Å². The van der Waals surface area contributed by atoms with Crippen LogP contribution in [0.25, 0.3) is 11.1 Å². The van der Waals surface area contributed by atoms with Crippen molar-refractivity contribution in [1.82, 2.24) is 10.2 Å². The molecule has 5 nitrogen and oxygen atoms in total. The van der Waals surface area contributed by atoms with Gasteiger partial charge >= 0.3 is 0 Å². The van der Waals surface area contributed by atoms with Crippen LogP contribution in [-0.4, -0.2) is 43.0 Å². The maximum Gasteiger partial charge on any atom is 0.260 e. The Kier molecular flexibility index (Phi) is 8.37. The topological polar surface area (TPSA) is 58.6 Å². The largest absolute Gasteiger partial charge is 0.482 e. The van der Waals surface area contributed by atoms with Gasteiger partial charge in [0, 0.05) is 25.6 Å². The van der Waals surface area contributed by atoms with Crippen LogP contribution in [0.4, 0.5) is 4.39 Å². The summed E-state index contributed by atoms with van der Waals surface area (Å²) in [6.07, 6.45) is 1.62. The Balaban J connectivity index is 1.20. The standard InChI is InChI=1S/C28H28ClFN2O3/c29-24-18-23(20-6-2-1-3-7-20)10-11-26(24)35-19-27(33)32-16-13-22(14-17-32)28(34)31-15-12-21-8-4-5-9-25(21)30/h1-11,18,22H,12-17,19H2,(H,31,34). The molecule has 4 rings (SSSR count). The van der Waals surface area contributed by atoms with Crippen molar-refractivity contribution in [3.8, 4) is 16.9 Å². The van der Waals surface area contributed by atoms with Gasteiger partial charge in [0.25, 0.3) is 5.91 Å². The van der Waals surface area contributed by atoms with E-state index in [4.69, 9.17) is 16.3 Å². The van der Waals surface area contributed by atoms with Crippen LogP contribution < -0.4 is 10.1 Å². The Bertz CT molecular complexity index is 1160. The van der Waals surface area contributed by atoms with Crippen LogP contribution >= 0.6 is 11.6 Å². The highest BCUT2D eigenvalue weighted by atomic mass is 35.5. The molecule has 1 heterocycles. The van der Waals surface area contributed by atoms with Crippen LogP contribution in [0.5, 0.6) is 5.75 Å². The summed E-state index contributed by atoms with van der Waals surface area (Å²) in [5.41, 5.74) is 2.61. The normalized spacial score (nSPS) is 13.9. The Labute approximate surface area is 209 Å². The lowest BCUT2D eigenvalue weighted by Crippen LogP contribution is -2.44. The van der Waals surface area contributed by atoms with Crippen molar-refractivity contribution in [3.63, 3.8) is 0 Å². The molecule has 35 heavy (non-hydrogen) atoms. The second kappa shape index (κ2) is 11.8. The van der Waals surface area contributed by atoms with Gasteiger partial charge in [0.05, 0.1) is 5.02 Å². The fraction of sp³-hybridized carbons (Fsp3) is 0.286. The minimum absolute atomic E-state index is 0.0463. The number of hydrogen-bond donors (Lipinski definition) is 1. The molecule has 0 atom stereocenters. The number of carbonyl (C=O) groups excluding carboxylic acids is 2. The van der Waals surface area contributed by atoms with Gasteiger partial charge < -0.3 is 15.0 Å². The number of halogens is 2. The lowest BCUT2D eigenvalue weighted by molar-refractivity contribution is -0.137. The molecule has 0 spiro atoms. The van der Waals surface area contributed by atoms with E-state index in [0.717, 1.165) is 11.1 Å². The number of nitrogens with one attached hydrogen (secondary N) is 1. The maximum atomic E-state index is 13.7. The number of rotatable bonds is 8. The highest BCUT2D eigenvalue weighted by Crippen LogP contribution is 2.30. The van der Waals surface area contributed by atoms with Crippen molar-refractivity contribution in [3.05, 3.63) is 89.2 Å². The van der Waals surface area contributed by atoms with E-state index in [1.807, 2.05) is 42.5 Å². The Morgan fingerprint density at radius 2 is 1.69 bits per heavy atom. The molecule has 7 heteroatoms. The highest BCUT2D eigenvalue weighted by Gasteiger charge is 2.27. The molecule has 0 bridgehead atoms. The van der Waals surface area contributed by atoms with E-state index < -0.39 is 0 Å². The molecule has 182 valence electrons. The van der Waals surface area contributed by atoms with Gasteiger partial charge in [-0.3, -0.25) is 9.59 Å². The van der Waals surface area contributed by atoms with Crippen LogP contribution in [0.1, 0.15) is 18.4 Å². The van der Waals surface area contributed by atoms with E-state index in [2.05, 4.69) is 5.32 Å². The molecule has 0 aromatic heterocycles.